The molecule has 0 atom stereocenters. The molecule has 78 valence electrons. The molecule has 0 unspecified atom stereocenters. The molecule has 0 bridgehead atoms. The molecule has 1 nitrogen and oxygen atoms in total. The lowest BCUT2D eigenvalue weighted by atomic mass is 10.5. The molecule has 1 rings (SSSR count). The van der Waals surface area contributed by atoms with Gasteiger partial charge in [0.25, 0.3) is 0 Å². The molecule has 0 saturated heterocycles. The average molecular weight is 289 g/mol. The van der Waals surface area contributed by atoms with Crippen LogP contribution in [0.3, 0.4) is 0 Å². The first-order valence-electron chi connectivity index (χ1n) is 3.95. The zero-order valence-corrected chi connectivity index (χ0v) is 12.0. The Bertz CT molecular complexity index is 346. The van der Waals surface area contributed by atoms with E-state index in [0.29, 0.717) is 10.0 Å². The van der Waals surface area contributed by atoms with Gasteiger partial charge in [-0.3, -0.25) is 0 Å². The topological polar surface area (TPSA) is 12.9 Å². The molecule has 0 amide bonds. The minimum absolute atomic E-state index is 0.221. The Hall–Kier alpha value is 0.527. The second-order valence-corrected chi connectivity index (χ2v) is 10.4. The number of rotatable bonds is 1. The second kappa shape index (κ2) is 4.18. The van der Waals surface area contributed by atoms with Gasteiger partial charge in [-0.2, -0.15) is 0 Å². The van der Waals surface area contributed by atoms with Crippen molar-refractivity contribution in [2.45, 2.75) is 19.6 Å². The molecule has 0 fully saturated rings. The van der Waals surface area contributed by atoms with E-state index >= 15 is 0 Å². The molecule has 1 heterocycles. The van der Waals surface area contributed by atoms with Crippen LogP contribution in [-0.4, -0.2) is 13.1 Å². The van der Waals surface area contributed by atoms with Crippen LogP contribution in [0.1, 0.15) is 0 Å². The van der Waals surface area contributed by atoms with E-state index in [2.05, 4.69) is 24.6 Å². The zero-order valence-electron chi connectivity index (χ0n) is 7.96. The summed E-state index contributed by atoms with van der Waals surface area (Å²) in [6.07, 6.45) is 0. The van der Waals surface area contributed by atoms with Gasteiger partial charge in [0.2, 0.25) is 0 Å². The molecule has 0 aliphatic rings. The van der Waals surface area contributed by atoms with Crippen LogP contribution in [0.2, 0.25) is 40.0 Å². The van der Waals surface area contributed by atoms with Crippen molar-refractivity contribution in [3.8, 4) is 0 Å². The van der Waals surface area contributed by atoms with Gasteiger partial charge in [0.15, 0.2) is 0 Å². The monoisotopic (exact) mass is 287 g/mol. The highest BCUT2D eigenvalue weighted by Gasteiger charge is 2.27. The number of hydrogen-bond acceptors (Lipinski definition) is 1. The molecule has 0 aliphatic heterocycles. The third-order valence-corrected chi connectivity index (χ3v) is 5.54. The SMILES string of the molecule is C[Si](C)(C)c1c(Cl)c(Cl)nc(Cl)c1Cl. The normalized spacial score (nSPS) is 11.9. The summed E-state index contributed by atoms with van der Waals surface area (Å²) in [7, 11) is -1.66. The number of pyridine rings is 1. The van der Waals surface area contributed by atoms with Crippen molar-refractivity contribution < 1.29 is 0 Å². The third-order valence-electron chi connectivity index (χ3n) is 1.75. The molecule has 0 radical (unpaired) electrons. The smallest absolute Gasteiger partial charge is 0.149 e. The summed E-state index contributed by atoms with van der Waals surface area (Å²) in [6.45, 7) is 6.35. The first-order chi connectivity index (χ1) is 6.25. The van der Waals surface area contributed by atoms with Crippen molar-refractivity contribution in [1.82, 2.24) is 4.98 Å². The van der Waals surface area contributed by atoms with E-state index in [9.17, 15) is 0 Å². The van der Waals surface area contributed by atoms with Crippen molar-refractivity contribution in [2.75, 3.05) is 0 Å². The van der Waals surface area contributed by atoms with Crippen molar-refractivity contribution in [3.05, 3.63) is 20.4 Å². The lowest BCUT2D eigenvalue weighted by Gasteiger charge is -2.20. The van der Waals surface area contributed by atoms with Crippen molar-refractivity contribution in [2.24, 2.45) is 0 Å². The number of hydrogen-bond donors (Lipinski definition) is 0. The Morgan fingerprint density at radius 3 is 1.50 bits per heavy atom. The molecule has 0 saturated carbocycles. The molecule has 0 aliphatic carbocycles. The molecule has 6 heteroatoms. The summed E-state index contributed by atoms with van der Waals surface area (Å²) in [6, 6.07) is 0. The Morgan fingerprint density at radius 2 is 1.21 bits per heavy atom. The predicted molar refractivity (Wildman–Crippen MR) is 67.3 cm³/mol. The van der Waals surface area contributed by atoms with Gasteiger partial charge in [-0.15, -0.1) is 0 Å². The van der Waals surface area contributed by atoms with Gasteiger partial charge in [-0.1, -0.05) is 66.0 Å². The van der Waals surface area contributed by atoms with Gasteiger partial charge in [0.05, 0.1) is 18.1 Å². The Labute approximate surface area is 104 Å². The highest BCUT2D eigenvalue weighted by molar-refractivity contribution is 6.92. The molecule has 14 heavy (non-hydrogen) atoms. The van der Waals surface area contributed by atoms with Crippen molar-refractivity contribution in [1.29, 1.82) is 0 Å². The van der Waals surface area contributed by atoms with Gasteiger partial charge in [-0.25, -0.2) is 4.98 Å². The predicted octanol–water partition coefficient (Wildman–Crippen LogP) is 4.24. The Balaban J connectivity index is 3.56. The molecule has 0 aromatic carbocycles. The Morgan fingerprint density at radius 1 is 0.857 bits per heavy atom. The molecule has 1 aromatic rings. The fraction of sp³-hybridized carbons (Fsp3) is 0.375. The van der Waals surface area contributed by atoms with Crippen LogP contribution in [0.15, 0.2) is 0 Å². The number of nitrogens with zero attached hydrogens (tertiary/aromatic N) is 1. The third kappa shape index (κ3) is 2.37. The maximum atomic E-state index is 6.05. The largest absolute Gasteiger partial charge is 0.221 e. The quantitative estimate of drug-likeness (QED) is 0.556. The van der Waals surface area contributed by atoms with Crippen LogP contribution >= 0.6 is 46.4 Å². The lowest BCUT2D eigenvalue weighted by Crippen LogP contribution is -2.39. The van der Waals surface area contributed by atoms with Gasteiger partial charge in [0.1, 0.15) is 10.3 Å². The van der Waals surface area contributed by atoms with Crippen molar-refractivity contribution >= 4 is 59.7 Å². The zero-order chi connectivity index (χ0) is 11.1. The van der Waals surface area contributed by atoms with E-state index in [0.717, 1.165) is 5.19 Å². The van der Waals surface area contributed by atoms with Gasteiger partial charge >= 0.3 is 0 Å². The number of halogens is 4. The van der Waals surface area contributed by atoms with Crippen LogP contribution in [-0.2, 0) is 0 Å². The molecule has 1 aromatic heterocycles. The van der Waals surface area contributed by atoms with Gasteiger partial charge < -0.3 is 0 Å². The first kappa shape index (κ1) is 12.6. The molecule has 0 spiro atoms. The second-order valence-electron chi connectivity index (χ2n) is 3.95. The summed E-state index contributed by atoms with van der Waals surface area (Å²) < 4.78 is 0. The standard InChI is InChI=1S/C8H9Cl4NSi/c1-14(2,3)6-4(9)7(11)13-8(12)5(6)10/h1-3H3. The van der Waals surface area contributed by atoms with E-state index in [1.807, 2.05) is 0 Å². The summed E-state index contributed by atoms with van der Waals surface area (Å²) >= 11 is 23.8. The lowest BCUT2D eigenvalue weighted by molar-refractivity contribution is 1.34. The fourth-order valence-corrected chi connectivity index (χ4v) is 5.28. The highest BCUT2D eigenvalue weighted by Crippen LogP contribution is 2.29. The van der Waals surface area contributed by atoms with E-state index < -0.39 is 8.07 Å². The molecular weight excluding hydrogens is 280 g/mol. The summed E-state index contributed by atoms with van der Waals surface area (Å²) in [5.41, 5.74) is 0. The van der Waals surface area contributed by atoms with E-state index in [1.165, 1.54) is 0 Å². The Kier molecular flexibility index (Phi) is 3.76. The van der Waals surface area contributed by atoms with Gasteiger partial charge in [-0.05, 0) is 5.19 Å². The van der Waals surface area contributed by atoms with Crippen LogP contribution in [0, 0.1) is 0 Å². The molecular formula is C8H9Cl4NSi. The summed E-state index contributed by atoms with van der Waals surface area (Å²) in [5, 5.41) is 2.17. The highest BCUT2D eigenvalue weighted by atomic mass is 35.5. The maximum absolute atomic E-state index is 6.05. The average Bonchev–Trinajstić information content (AvgIpc) is 1.98. The minimum atomic E-state index is -1.66. The van der Waals surface area contributed by atoms with E-state index in [1.54, 1.807) is 0 Å². The van der Waals surface area contributed by atoms with Gasteiger partial charge in [0, 0.05) is 0 Å². The van der Waals surface area contributed by atoms with E-state index in [-0.39, 0.29) is 10.3 Å². The van der Waals surface area contributed by atoms with E-state index in [4.69, 9.17) is 46.4 Å². The van der Waals surface area contributed by atoms with Crippen LogP contribution < -0.4 is 5.19 Å². The number of aromatic nitrogens is 1. The minimum Gasteiger partial charge on any atom is -0.221 e. The summed E-state index contributed by atoms with van der Waals surface area (Å²) in [4.78, 5) is 3.84. The first-order valence-corrected chi connectivity index (χ1v) is 8.97. The molecule has 0 N–H and O–H groups in total. The summed E-state index contributed by atoms with van der Waals surface area (Å²) in [5.74, 6) is 0. The van der Waals surface area contributed by atoms with Crippen LogP contribution in [0.5, 0.6) is 0 Å². The van der Waals surface area contributed by atoms with Crippen LogP contribution in [0.4, 0.5) is 0 Å². The fourth-order valence-electron chi connectivity index (χ4n) is 1.15. The maximum Gasteiger partial charge on any atom is 0.149 e. The van der Waals surface area contributed by atoms with Crippen molar-refractivity contribution in [3.63, 3.8) is 0 Å². The van der Waals surface area contributed by atoms with Crippen LogP contribution in [0.25, 0.3) is 0 Å².